The number of aromatic nitrogens is 1. The number of carbonyl (C=O) groups is 1. The Hall–Kier alpha value is -1.88. The fourth-order valence-corrected chi connectivity index (χ4v) is 2.28. The number of benzene rings is 1. The predicted octanol–water partition coefficient (Wildman–Crippen LogP) is 2.32. The molecule has 3 N–H and O–H groups in total. The monoisotopic (exact) mass is 275 g/mol. The second kappa shape index (κ2) is 5.40. The van der Waals surface area contributed by atoms with E-state index >= 15 is 0 Å². The largest absolute Gasteiger partial charge is 0.399 e. The molecule has 0 fully saturated rings. The molecule has 2 aromatic rings. The summed E-state index contributed by atoms with van der Waals surface area (Å²) in [7, 11) is 0. The summed E-state index contributed by atoms with van der Waals surface area (Å²) in [5.74, 6) is -0.00864. The van der Waals surface area contributed by atoms with Crippen molar-refractivity contribution in [2.45, 2.75) is 25.8 Å². The molecule has 0 aliphatic rings. The average Bonchev–Trinajstić information content (AvgIpc) is 2.89. The van der Waals surface area contributed by atoms with Gasteiger partial charge in [-0.2, -0.15) is 0 Å². The van der Waals surface area contributed by atoms with Gasteiger partial charge >= 0.3 is 0 Å². The molecule has 1 heterocycles. The molecule has 1 aromatic carbocycles. The molecule has 1 amide bonds. The topological polar surface area (TPSA) is 68.0 Å². The maximum Gasteiger partial charge on any atom is 0.230 e. The van der Waals surface area contributed by atoms with Gasteiger partial charge < -0.3 is 11.1 Å². The third kappa shape index (κ3) is 3.12. The van der Waals surface area contributed by atoms with Crippen LogP contribution in [0.4, 0.5) is 5.69 Å². The number of rotatable bonds is 4. The third-order valence-corrected chi connectivity index (χ3v) is 3.89. The predicted molar refractivity (Wildman–Crippen MR) is 77.8 cm³/mol. The molecule has 19 heavy (non-hydrogen) atoms. The molecule has 0 aliphatic heterocycles. The van der Waals surface area contributed by atoms with Crippen LogP contribution < -0.4 is 11.1 Å². The molecular weight excluding hydrogens is 258 g/mol. The lowest BCUT2D eigenvalue weighted by atomic mass is 9.83. The van der Waals surface area contributed by atoms with E-state index in [1.54, 1.807) is 11.7 Å². The minimum absolute atomic E-state index is 0.00864. The summed E-state index contributed by atoms with van der Waals surface area (Å²) >= 11 is 1.53. The normalized spacial score (nSPS) is 11.3. The van der Waals surface area contributed by atoms with Crippen LogP contribution in [0.1, 0.15) is 24.3 Å². The minimum Gasteiger partial charge on any atom is -0.399 e. The minimum atomic E-state index is -0.585. The van der Waals surface area contributed by atoms with Crippen LogP contribution in [0.2, 0.25) is 0 Å². The van der Waals surface area contributed by atoms with E-state index in [1.807, 2.05) is 38.1 Å². The van der Waals surface area contributed by atoms with E-state index in [0.717, 1.165) is 10.4 Å². The number of nitrogens with one attached hydrogen (secondary N) is 1. The maximum atomic E-state index is 12.3. The van der Waals surface area contributed by atoms with Gasteiger partial charge in [-0.05, 0) is 31.5 Å². The van der Waals surface area contributed by atoms with Crippen molar-refractivity contribution in [1.29, 1.82) is 0 Å². The molecule has 4 nitrogen and oxygen atoms in total. The number of hydrogen-bond donors (Lipinski definition) is 2. The second-order valence-corrected chi connectivity index (χ2v) is 5.87. The fourth-order valence-electron chi connectivity index (χ4n) is 1.75. The van der Waals surface area contributed by atoms with Crippen molar-refractivity contribution in [1.82, 2.24) is 10.3 Å². The fraction of sp³-hybridized carbons (Fsp3) is 0.286. The highest BCUT2D eigenvalue weighted by molar-refractivity contribution is 7.09. The first kappa shape index (κ1) is 13.5. The number of nitrogens with zero attached hydrogens (tertiary/aromatic N) is 1. The number of amides is 1. The van der Waals surface area contributed by atoms with Crippen molar-refractivity contribution in [3.05, 3.63) is 46.4 Å². The summed E-state index contributed by atoms with van der Waals surface area (Å²) in [4.78, 5) is 17.3. The van der Waals surface area contributed by atoms with Gasteiger partial charge in [0, 0.05) is 16.8 Å². The lowest BCUT2D eigenvalue weighted by Gasteiger charge is -2.24. The van der Waals surface area contributed by atoms with Gasteiger partial charge in [0.05, 0.1) is 17.5 Å². The molecule has 0 spiro atoms. The van der Waals surface area contributed by atoms with Crippen molar-refractivity contribution in [2.24, 2.45) is 0 Å². The van der Waals surface area contributed by atoms with Gasteiger partial charge in [-0.15, -0.1) is 11.3 Å². The first-order chi connectivity index (χ1) is 9.00. The number of carbonyl (C=O) groups excluding carboxylic acids is 1. The molecule has 0 radical (unpaired) electrons. The molecule has 0 unspecified atom stereocenters. The van der Waals surface area contributed by atoms with Gasteiger partial charge in [0.2, 0.25) is 5.91 Å². The SMILES string of the molecule is CC(C)(C(=O)NCc1cncs1)c1ccc(N)cc1. The third-order valence-electron chi connectivity index (χ3n) is 3.11. The van der Waals surface area contributed by atoms with Crippen LogP contribution in [0.5, 0.6) is 0 Å². The standard InChI is InChI=1S/C14H17N3OS/c1-14(2,10-3-5-11(15)6-4-10)13(18)17-8-12-7-16-9-19-12/h3-7,9H,8,15H2,1-2H3,(H,17,18). The summed E-state index contributed by atoms with van der Waals surface area (Å²) in [5, 5.41) is 2.94. The molecule has 2 rings (SSSR count). The number of anilines is 1. The first-order valence-corrected chi connectivity index (χ1v) is 6.90. The average molecular weight is 275 g/mol. The molecular formula is C14H17N3OS. The number of thiazole rings is 1. The van der Waals surface area contributed by atoms with Crippen molar-refractivity contribution >= 4 is 22.9 Å². The van der Waals surface area contributed by atoms with Crippen LogP contribution in [0.25, 0.3) is 0 Å². The van der Waals surface area contributed by atoms with Crippen molar-refractivity contribution in [3.8, 4) is 0 Å². The quantitative estimate of drug-likeness (QED) is 0.841. The van der Waals surface area contributed by atoms with Crippen LogP contribution >= 0.6 is 11.3 Å². The van der Waals surface area contributed by atoms with E-state index in [4.69, 9.17) is 5.73 Å². The Kier molecular flexibility index (Phi) is 3.85. The Bertz CT molecular complexity index is 547. The summed E-state index contributed by atoms with van der Waals surface area (Å²) in [5.41, 5.74) is 8.48. The Morgan fingerprint density at radius 3 is 2.63 bits per heavy atom. The number of hydrogen-bond acceptors (Lipinski definition) is 4. The Morgan fingerprint density at radius 1 is 1.37 bits per heavy atom. The van der Waals surface area contributed by atoms with Crippen LogP contribution in [0.3, 0.4) is 0 Å². The van der Waals surface area contributed by atoms with E-state index in [2.05, 4.69) is 10.3 Å². The lowest BCUT2D eigenvalue weighted by Crippen LogP contribution is -2.39. The highest BCUT2D eigenvalue weighted by Crippen LogP contribution is 2.24. The molecule has 0 aliphatic carbocycles. The van der Waals surface area contributed by atoms with Gasteiger partial charge in [-0.3, -0.25) is 9.78 Å². The molecule has 100 valence electrons. The zero-order valence-electron chi connectivity index (χ0n) is 11.0. The zero-order chi connectivity index (χ0) is 13.9. The molecule has 1 aromatic heterocycles. The van der Waals surface area contributed by atoms with Crippen molar-refractivity contribution in [3.63, 3.8) is 0 Å². The molecule has 0 atom stereocenters. The Balaban J connectivity index is 2.06. The van der Waals surface area contributed by atoms with Crippen molar-refractivity contribution in [2.75, 3.05) is 5.73 Å². The van der Waals surface area contributed by atoms with E-state index in [0.29, 0.717) is 12.2 Å². The van der Waals surface area contributed by atoms with Gasteiger partial charge in [0.1, 0.15) is 0 Å². The van der Waals surface area contributed by atoms with Crippen molar-refractivity contribution < 1.29 is 4.79 Å². The number of nitrogens with two attached hydrogens (primary N) is 1. The van der Waals surface area contributed by atoms with Crippen LogP contribution in [-0.2, 0) is 16.8 Å². The lowest BCUT2D eigenvalue weighted by molar-refractivity contribution is -0.125. The van der Waals surface area contributed by atoms with Gasteiger partial charge in [-0.1, -0.05) is 12.1 Å². The second-order valence-electron chi connectivity index (χ2n) is 4.90. The molecule has 0 saturated carbocycles. The van der Waals surface area contributed by atoms with Crippen LogP contribution in [0, 0.1) is 0 Å². The Labute approximate surface area is 116 Å². The highest BCUT2D eigenvalue weighted by atomic mass is 32.1. The summed E-state index contributed by atoms with van der Waals surface area (Å²) < 4.78 is 0. The highest BCUT2D eigenvalue weighted by Gasteiger charge is 2.29. The van der Waals surface area contributed by atoms with Crippen LogP contribution in [-0.4, -0.2) is 10.9 Å². The van der Waals surface area contributed by atoms with E-state index < -0.39 is 5.41 Å². The van der Waals surface area contributed by atoms with E-state index in [1.165, 1.54) is 11.3 Å². The van der Waals surface area contributed by atoms with E-state index in [-0.39, 0.29) is 5.91 Å². The zero-order valence-corrected chi connectivity index (χ0v) is 11.8. The molecule has 0 bridgehead atoms. The van der Waals surface area contributed by atoms with Gasteiger partial charge in [0.25, 0.3) is 0 Å². The maximum absolute atomic E-state index is 12.3. The van der Waals surface area contributed by atoms with Gasteiger partial charge in [-0.25, -0.2) is 0 Å². The number of nitrogen functional groups attached to an aromatic ring is 1. The first-order valence-electron chi connectivity index (χ1n) is 6.02. The van der Waals surface area contributed by atoms with Gasteiger partial charge in [0.15, 0.2) is 0 Å². The summed E-state index contributed by atoms with van der Waals surface area (Å²) in [6.07, 6.45) is 1.77. The molecule has 5 heteroatoms. The smallest absolute Gasteiger partial charge is 0.230 e. The van der Waals surface area contributed by atoms with Crippen LogP contribution in [0.15, 0.2) is 36.0 Å². The van der Waals surface area contributed by atoms with E-state index in [9.17, 15) is 4.79 Å². The summed E-state index contributed by atoms with van der Waals surface area (Å²) in [6, 6.07) is 7.41. The Morgan fingerprint density at radius 2 is 2.05 bits per heavy atom. The summed E-state index contributed by atoms with van der Waals surface area (Å²) in [6.45, 7) is 4.32. The molecule has 0 saturated heterocycles.